The summed E-state index contributed by atoms with van der Waals surface area (Å²) >= 11 is 0. The molecule has 0 aliphatic rings. The van der Waals surface area contributed by atoms with Gasteiger partial charge >= 0.3 is 0 Å². The summed E-state index contributed by atoms with van der Waals surface area (Å²) in [5.74, 6) is 0.660. The molecule has 0 atom stereocenters. The number of anilines is 1. The van der Waals surface area contributed by atoms with Crippen molar-refractivity contribution in [2.75, 3.05) is 26.0 Å². The van der Waals surface area contributed by atoms with Gasteiger partial charge in [0.05, 0.1) is 0 Å². The minimum absolute atomic E-state index is 0. The van der Waals surface area contributed by atoms with E-state index < -0.39 is 0 Å². The molecular formula is C12H19IN4O. The van der Waals surface area contributed by atoms with Gasteiger partial charge in [-0.15, -0.1) is 24.0 Å². The van der Waals surface area contributed by atoms with Gasteiger partial charge in [0.15, 0.2) is 5.96 Å². The van der Waals surface area contributed by atoms with Crippen molar-refractivity contribution in [3.05, 3.63) is 30.3 Å². The molecule has 18 heavy (non-hydrogen) atoms. The van der Waals surface area contributed by atoms with Crippen LogP contribution in [0.4, 0.5) is 5.69 Å². The summed E-state index contributed by atoms with van der Waals surface area (Å²) in [5, 5.41) is 8.71. The second-order valence-corrected chi connectivity index (χ2v) is 3.41. The predicted molar refractivity (Wildman–Crippen MR) is 85.5 cm³/mol. The van der Waals surface area contributed by atoms with E-state index in [2.05, 4.69) is 20.9 Å². The lowest BCUT2D eigenvalue weighted by Gasteiger charge is -2.08. The monoisotopic (exact) mass is 362 g/mol. The number of benzene rings is 1. The molecule has 1 aromatic carbocycles. The third kappa shape index (κ3) is 6.43. The average Bonchev–Trinajstić information content (AvgIpc) is 2.36. The van der Waals surface area contributed by atoms with Crippen molar-refractivity contribution >= 4 is 41.5 Å². The Morgan fingerprint density at radius 1 is 1.28 bits per heavy atom. The number of carbonyl (C=O) groups is 1. The van der Waals surface area contributed by atoms with Crippen LogP contribution in [0.25, 0.3) is 0 Å². The van der Waals surface area contributed by atoms with Gasteiger partial charge in [-0.2, -0.15) is 0 Å². The van der Waals surface area contributed by atoms with E-state index >= 15 is 0 Å². The van der Waals surface area contributed by atoms with Crippen LogP contribution in [0, 0.1) is 0 Å². The van der Waals surface area contributed by atoms with Crippen LogP contribution in [0.1, 0.15) is 6.42 Å². The van der Waals surface area contributed by atoms with Crippen LogP contribution in [0.3, 0.4) is 0 Å². The van der Waals surface area contributed by atoms with Crippen molar-refractivity contribution < 1.29 is 4.79 Å². The molecule has 0 heterocycles. The molecule has 0 saturated heterocycles. The first-order chi connectivity index (χ1) is 8.26. The molecule has 0 bridgehead atoms. The maximum Gasteiger partial charge on any atom is 0.226 e. The van der Waals surface area contributed by atoms with Gasteiger partial charge in [0.1, 0.15) is 0 Å². The van der Waals surface area contributed by atoms with Crippen molar-refractivity contribution in [2.24, 2.45) is 4.99 Å². The van der Waals surface area contributed by atoms with E-state index in [-0.39, 0.29) is 29.9 Å². The van der Waals surface area contributed by atoms with Gasteiger partial charge in [-0.05, 0) is 12.1 Å². The van der Waals surface area contributed by atoms with Gasteiger partial charge in [0, 0.05) is 32.7 Å². The summed E-state index contributed by atoms with van der Waals surface area (Å²) in [4.78, 5) is 15.5. The molecule has 0 spiro atoms. The number of carbonyl (C=O) groups excluding carboxylic acids is 1. The number of guanidine groups is 1. The van der Waals surface area contributed by atoms with Crippen LogP contribution in [0.5, 0.6) is 0 Å². The van der Waals surface area contributed by atoms with Crippen molar-refractivity contribution in [1.29, 1.82) is 0 Å². The summed E-state index contributed by atoms with van der Waals surface area (Å²) < 4.78 is 0. The molecule has 0 radical (unpaired) electrons. The van der Waals surface area contributed by atoms with Gasteiger partial charge in [-0.25, -0.2) is 0 Å². The minimum atomic E-state index is -0.0183. The zero-order valence-electron chi connectivity index (χ0n) is 10.6. The van der Waals surface area contributed by atoms with Gasteiger partial charge < -0.3 is 16.0 Å². The Labute approximate surface area is 124 Å². The number of nitrogens with one attached hydrogen (secondary N) is 3. The van der Waals surface area contributed by atoms with Crippen molar-refractivity contribution in [2.45, 2.75) is 6.42 Å². The zero-order chi connectivity index (χ0) is 12.5. The number of hydrogen-bond donors (Lipinski definition) is 3. The lowest BCUT2D eigenvalue weighted by atomic mass is 10.3. The molecule has 0 fully saturated rings. The Kier molecular flexibility index (Phi) is 8.99. The molecule has 100 valence electrons. The van der Waals surface area contributed by atoms with Crippen molar-refractivity contribution in [3.8, 4) is 0 Å². The van der Waals surface area contributed by atoms with E-state index in [0.29, 0.717) is 18.9 Å². The highest BCUT2D eigenvalue weighted by molar-refractivity contribution is 14.0. The third-order valence-electron chi connectivity index (χ3n) is 2.16. The number of amides is 1. The average molecular weight is 362 g/mol. The number of aliphatic imine (C=N–C) groups is 1. The van der Waals surface area contributed by atoms with E-state index in [9.17, 15) is 4.79 Å². The lowest BCUT2D eigenvalue weighted by Crippen LogP contribution is -2.36. The second kappa shape index (κ2) is 9.69. The van der Waals surface area contributed by atoms with E-state index in [1.807, 2.05) is 30.3 Å². The minimum Gasteiger partial charge on any atom is -0.359 e. The maximum absolute atomic E-state index is 11.6. The van der Waals surface area contributed by atoms with Crippen LogP contribution in [0.15, 0.2) is 35.3 Å². The molecule has 1 rings (SSSR count). The first kappa shape index (κ1) is 16.7. The fraction of sp³-hybridized carbons (Fsp3) is 0.333. The molecule has 6 heteroatoms. The number of halogens is 1. The summed E-state index contributed by atoms with van der Waals surface area (Å²) in [5.41, 5.74) is 0.815. The molecule has 1 amide bonds. The predicted octanol–water partition coefficient (Wildman–Crippen LogP) is 1.43. The molecule has 0 aliphatic heterocycles. The van der Waals surface area contributed by atoms with Crippen LogP contribution in [0.2, 0.25) is 0 Å². The van der Waals surface area contributed by atoms with E-state index in [4.69, 9.17) is 0 Å². The summed E-state index contributed by atoms with van der Waals surface area (Å²) in [7, 11) is 3.46. The molecule has 0 aliphatic carbocycles. The fourth-order valence-corrected chi connectivity index (χ4v) is 1.32. The van der Waals surface area contributed by atoms with E-state index in [1.54, 1.807) is 14.1 Å². The summed E-state index contributed by atoms with van der Waals surface area (Å²) in [6, 6.07) is 9.40. The number of nitrogens with zero attached hydrogens (tertiary/aromatic N) is 1. The normalized spacial score (nSPS) is 10.2. The highest BCUT2D eigenvalue weighted by atomic mass is 127. The Bertz CT molecular complexity index is 381. The highest BCUT2D eigenvalue weighted by Crippen LogP contribution is 2.04. The Balaban J connectivity index is 0.00000289. The quantitative estimate of drug-likeness (QED) is 0.431. The largest absolute Gasteiger partial charge is 0.359 e. The van der Waals surface area contributed by atoms with Gasteiger partial charge in [0.2, 0.25) is 5.91 Å². The Hall–Kier alpha value is -1.31. The van der Waals surface area contributed by atoms with Crippen LogP contribution in [-0.2, 0) is 4.79 Å². The highest BCUT2D eigenvalue weighted by Gasteiger charge is 2.01. The second-order valence-electron chi connectivity index (χ2n) is 3.41. The molecule has 0 aromatic heterocycles. The molecular weight excluding hydrogens is 343 g/mol. The molecule has 3 N–H and O–H groups in total. The van der Waals surface area contributed by atoms with Gasteiger partial charge in [-0.1, -0.05) is 18.2 Å². The maximum atomic E-state index is 11.6. The van der Waals surface area contributed by atoms with Gasteiger partial charge in [0.25, 0.3) is 0 Å². The number of para-hydroxylation sites is 1. The van der Waals surface area contributed by atoms with Gasteiger partial charge in [-0.3, -0.25) is 9.79 Å². The van der Waals surface area contributed by atoms with Crippen LogP contribution >= 0.6 is 24.0 Å². The summed E-state index contributed by atoms with van der Waals surface area (Å²) in [6.45, 7) is 0.548. The van der Waals surface area contributed by atoms with Crippen LogP contribution < -0.4 is 16.0 Å². The molecule has 0 saturated carbocycles. The standard InChI is InChI=1S/C12H18N4O.HI/c1-13-12(14-2)15-9-8-11(17)16-10-6-4-3-5-7-10;/h3-7H,8-9H2,1-2H3,(H,16,17)(H2,13,14,15);1H. The first-order valence-electron chi connectivity index (χ1n) is 5.49. The zero-order valence-corrected chi connectivity index (χ0v) is 12.9. The van der Waals surface area contributed by atoms with Crippen molar-refractivity contribution in [1.82, 2.24) is 10.6 Å². The van der Waals surface area contributed by atoms with Crippen molar-refractivity contribution in [3.63, 3.8) is 0 Å². The smallest absolute Gasteiger partial charge is 0.226 e. The van der Waals surface area contributed by atoms with E-state index in [1.165, 1.54) is 0 Å². The Morgan fingerprint density at radius 2 is 1.94 bits per heavy atom. The van der Waals surface area contributed by atoms with E-state index in [0.717, 1.165) is 5.69 Å². The fourth-order valence-electron chi connectivity index (χ4n) is 1.32. The summed E-state index contributed by atoms with van der Waals surface area (Å²) in [6.07, 6.45) is 0.398. The lowest BCUT2D eigenvalue weighted by molar-refractivity contribution is -0.116. The SMILES string of the molecule is CN=C(NC)NCCC(=O)Nc1ccccc1.I. The topological polar surface area (TPSA) is 65.5 Å². The first-order valence-corrected chi connectivity index (χ1v) is 5.49. The molecule has 0 unspecified atom stereocenters. The Morgan fingerprint density at radius 3 is 2.50 bits per heavy atom. The number of rotatable bonds is 4. The molecule has 1 aromatic rings. The number of hydrogen-bond acceptors (Lipinski definition) is 2. The van der Waals surface area contributed by atoms with Crippen LogP contribution in [-0.4, -0.2) is 32.5 Å². The molecule has 5 nitrogen and oxygen atoms in total. The third-order valence-corrected chi connectivity index (χ3v) is 2.16.